The molecular weight excluding hydrogens is 169 g/mol. The van der Waals surface area contributed by atoms with Crippen LogP contribution in [0.5, 0.6) is 0 Å². The van der Waals surface area contributed by atoms with Crippen molar-refractivity contribution in [3.63, 3.8) is 0 Å². The molecule has 0 aliphatic heterocycles. The van der Waals surface area contributed by atoms with Crippen molar-refractivity contribution < 1.29 is 18.3 Å². The van der Waals surface area contributed by atoms with Crippen molar-refractivity contribution in [3.05, 3.63) is 35.4 Å². The van der Waals surface area contributed by atoms with Gasteiger partial charge >= 0.3 is 0 Å². The predicted octanol–water partition coefficient (Wildman–Crippen LogP) is 1.97. The first-order chi connectivity index (χ1) is 5.66. The molecule has 0 bridgehead atoms. The molecule has 1 aromatic carbocycles. The molecule has 1 unspecified atom stereocenters. The number of halogens is 3. The Kier molecular flexibility index (Phi) is 2.70. The quantitative estimate of drug-likeness (QED) is 0.730. The van der Waals surface area contributed by atoms with Gasteiger partial charge in [-0.05, 0) is 6.07 Å². The Hall–Kier alpha value is -1.03. The van der Waals surface area contributed by atoms with Crippen molar-refractivity contribution in [3.8, 4) is 0 Å². The topological polar surface area (TPSA) is 20.2 Å². The summed E-state index contributed by atoms with van der Waals surface area (Å²) in [5, 5.41) is 8.34. The van der Waals surface area contributed by atoms with E-state index in [9.17, 15) is 13.2 Å². The molecule has 0 saturated heterocycles. The molecule has 0 aromatic heterocycles. The van der Waals surface area contributed by atoms with Gasteiger partial charge in [0.1, 0.15) is 0 Å². The maximum absolute atomic E-state index is 12.7. The van der Waals surface area contributed by atoms with E-state index in [1.807, 2.05) is 0 Å². The van der Waals surface area contributed by atoms with Crippen LogP contribution in [0.4, 0.5) is 13.2 Å². The van der Waals surface area contributed by atoms with Gasteiger partial charge in [0.15, 0.2) is 17.8 Å². The number of rotatable bonds is 2. The van der Waals surface area contributed by atoms with Crippen LogP contribution in [0.1, 0.15) is 11.7 Å². The van der Waals surface area contributed by atoms with E-state index >= 15 is 0 Å². The third-order valence-electron chi connectivity index (χ3n) is 1.48. The van der Waals surface area contributed by atoms with Crippen LogP contribution in [0.25, 0.3) is 0 Å². The maximum Gasteiger partial charge on any atom is 0.165 e. The molecule has 0 aliphatic rings. The number of hydrogen-bond donors (Lipinski definition) is 1. The Morgan fingerprint density at radius 3 is 2.58 bits per heavy atom. The Morgan fingerprint density at radius 1 is 1.33 bits per heavy atom. The van der Waals surface area contributed by atoms with E-state index < -0.39 is 30.0 Å². The molecule has 1 N–H and O–H groups in total. The lowest BCUT2D eigenvalue weighted by molar-refractivity contribution is 0.175. The van der Waals surface area contributed by atoms with Gasteiger partial charge in [0.05, 0.1) is 6.61 Å². The van der Waals surface area contributed by atoms with Gasteiger partial charge in [-0.25, -0.2) is 13.2 Å². The smallest absolute Gasteiger partial charge is 0.165 e. The first kappa shape index (κ1) is 9.06. The first-order valence-corrected chi connectivity index (χ1v) is 3.35. The highest BCUT2D eigenvalue weighted by Gasteiger charge is 2.15. The zero-order valence-corrected chi connectivity index (χ0v) is 6.10. The van der Waals surface area contributed by atoms with Gasteiger partial charge < -0.3 is 5.11 Å². The molecule has 4 heteroatoms. The summed E-state index contributed by atoms with van der Waals surface area (Å²) >= 11 is 0. The molecule has 0 spiro atoms. The van der Waals surface area contributed by atoms with Crippen LogP contribution in [0.2, 0.25) is 0 Å². The van der Waals surface area contributed by atoms with Crippen molar-refractivity contribution >= 4 is 0 Å². The number of benzene rings is 1. The molecule has 12 heavy (non-hydrogen) atoms. The average molecular weight is 176 g/mol. The van der Waals surface area contributed by atoms with Crippen LogP contribution >= 0.6 is 0 Å². The second kappa shape index (κ2) is 3.58. The van der Waals surface area contributed by atoms with Gasteiger partial charge in [-0.2, -0.15) is 0 Å². The summed E-state index contributed by atoms with van der Waals surface area (Å²) in [4.78, 5) is 0. The molecule has 0 aliphatic carbocycles. The summed E-state index contributed by atoms with van der Waals surface area (Å²) in [6.45, 7) is -0.847. The zero-order valence-electron chi connectivity index (χ0n) is 6.10. The minimum atomic E-state index is -1.86. The average Bonchev–Trinajstić information content (AvgIpc) is 2.08. The SMILES string of the molecule is OCC(F)c1cccc(F)c1F. The van der Waals surface area contributed by atoms with E-state index in [0.717, 1.165) is 12.1 Å². The summed E-state index contributed by atoms with van der Waals surface area (Å²) in [5.41, 5.74) is -0.447. The van der Waals surface area contributed by atoms with Gasteiger partial charge in [0.2, 0.25) is 0 Å². The van der Waals surface area contributed by atoms with E-state index in [4.69, 9.17) is 5.11 Å². The van der Waals surface area contributed by atoms with Crippen molar-refractivity contribution in [2.75, 3.05) is 6.61 Å². The van der Waals surface area contributed by atoms with Crippen molar-refractivity contribution in [1.82, 2.24) is 0 Å². The molecule has 1 rings (SSSR count). The molecule has 66 valence electrons. The number of aliphatic hydroxyl groups excluding tert-OH is 1. The summed E-state index contributed by atoms with van der Waals surface area (Å²) in [5.74, 6) is -2.34. The van der Waals surface area contributed by atoms with E-state index in [-0.39, 0.29) is 0 Å². The first-order valence-electron chi connectivity index (χ1n) is 3.35. The molecule has 0 saturated carbocycles. The van der Waals surface area contributed by atoms with Gasteiger partial charge in [-0.15, -0.1) is 0 Å². The summed E-state index contributed by atoms with van der Waals surface area (Å²) in [6, 6.07) is 3.18. The van der Waals surface area contributed by atoms with E-state index in [2.05, 4.69) is 0 Å². The molecular formula is C8H7F3O. The van der Waals surface area contributed by atoms with Gasteiger partial charge in [-0.3, -0.25) is 0 Å². The fraction of sp³-hybridized carbons (Fsp3) is 0.250. The lowest BCUT2D eigenvalue weighted by Crippen LogP contribution is -2.01. The van der Waals surface area contributed by atoms with E-state index in [1.165, 1.54) is 6.07 Å². The van der Waals surface area contributed by atoms with Gasteiger partial charge in [-0.1, -0.05) is 12.1 Å². The Labute approximate surface area is 67.5 Å². The second-order valence-corrected chi connectivity index (χ2v) is 2.29. The van der Waals surface area contributed by atoms with E-state index in [1.54, 1.807) is 0 Å². The normalized spacial score (nSPS) is 13.0. The minimum absolute atomic E-state index is 0.447. The lowest BCUT2D eigenvalue weighted by Gasteiger charge is -2.05. The number of hydrogen-bond acceptors (Lipinski definition) is 1. The molecule has 0 radical (unpaired) electrons. The summed E-state index contributed by atoms with van der Waals surface area (Å²) in [7, 11) is 0. The zero-order chi connectivity index (χ0) is 9.14. The Morgan fingerprint density at radius 2 is 2.00 bits per heavy atom. The third-order valence-corrected chi connectivity index (χ3v) is 1.48. The summed E-state index contributed by atoms with van der Waals surface area (Å²) < 4.78 is 37.8. The number of alkyl halides is 1. The van der Waals surface area contributed by atoms with Crippen molar-refractivity contribution in [1.29, 1.82) is 0 Å². The largest absolute Gasteiger partial charge is 0.393 e. The highest BCUT2D eigenvalue weighted by Crippen LogP contribution is 2.21. The van der Waals surface area contributed by atoms with Gasteiger partial charge in [0.25, 0.3) is 0 Å². The predicted molar refractivity (Wildman–Crippen MR) is 37.3 cm³/mol. The van der Waals surface area contributed by atoms with Crippen LogP contribution in [-0.2, 0) is 0 Å². The van der Waals surface area contributed by atoms with Crippen LogP contribution in [-0.4, -0.2) is 11.7 Å². The van der Waals surface area contributed by atoms with Gasteiger partial charge in [0, 0.05) is 5.56 Å². The molecule has 0 amide bonds. The van der Waals surface area contributed by atoms with Crippen molar-refractivity contribution in [2.24, 2.45) is 0 Å². The highest BCUT2D eigenvalue weighted by atomic mass is 19.2. The summed E-state index contributed by atoms with van der Waals surface area (Å²) in [6.07, 6.45) is -1.86. The molecule has 0 fully saturated rings. The Balaban J connectivity index is 3.07. The fourth-order valence-electron chi connectivity index (χ4n) is 0.861. The monoisotopic (exact) mass is 176 g/mol. The molecule has 1 nitrogen and oxygen atoms in total. The second-order valence-electron chi connectivity index (χ2n) is 2.29. The standard InChI is InChI=1S/C8H7F3O/c9-6-3-1-2-5(8(6)11)7(10)4-12/h1-3,7,12H,4H2. The lowest BCUT2D eigenvalue weighted by atomic mass is 10.1. The number of aliphatic hydroxyl groups is 1. The van der Waals surface area contributed by atoms with Crippen LogP contribution in [0, 0.1) is 11.6 Å². The minimum Gasteiger partial charge on any atom is -0.393 e. The Bertz CT molecular complexity index is 275. The highest BCUT2D eigenvalue weighted by molar-refractivity contribution is 5.21. The third kappa shape index (κ3) is 1.58. The molecule has 1 atom stereocenters. The fourth-order valence-corrected chi connectivity index (χ4v) is 0.861. The maximum atomic E-state index is 12.7. The van der Waals surface area contributed by atoms with E-state index in [0.29, 0.717) is 0 Å². The molecule has 0 heterocycles. The molecule has 1 aromatic rings. The van der Waals surface area contributed by atoms with Crippen molar-refractivity contribution in [2.45, 2.75) is 6.17 Å². The van der Waals surface area contributed by atoms with Crippen LogP contribution in [0.3, 0.4) is 0 Å². The van der Waals surface area contributed by atoms with Crippen LogP contribution < -0.4 is 0 Å². The van der Waals surface area contributed by atoms with Crippen LogP contribution in [0.15, 0.2) is 18.2 Å².